The van der Waals surface area contributed by atoms with Crippen molar-refractivity contribution in [3.8, 4) is 0 Å². The first kappa shape index (κ1) is 11.5. The van der Waals surface area contributed by atoms with Crippen molar-refractivity contribution < 1.29 is 9.53 Å². The molecule has 4 unspecified atom stereocenters. The van der Waals surface area contributed by atoms with Crippen LogP contribution in [-0.4, -0.2) is 30.7 Å². The molecule has 0 aromatic carbocycles. The number of hydrogen-bond acceptors (Lipinski definition) is 3. The number of carbonyl (C=O) groups is 1. The first-order valence-electron chi connectivity index (χ1n) is 6.80. The molecule has 2 aliphatic carbocycles. The highest BCUT2D eigenvalue weighted by atomic mass is 16.5. The summed E-state index contributed by atoms with van der Waals surface area (Å²) in [7, 11) is 0. The van der Waals surface area contributed by atoms with Crippen molar-refractivity contribution in [1.29, 1.82) is 0 Å². The fourth-order valence-corrected chi connectivity index (χ4v) is 3.98. The predicted octanol–water partition coefficient (Wildman–Crippen LogP) is 0.797. The smallest absolute Gasteiger partial charge is 0.221 e. The fraction of sp³-hybridized carbons (Fsp3) is 0.923. The average molecular weight is 238 g/mol. The van der Waals surface area contributed by atoms with Crippen molar-refractivity contribution in [2.45, 2.75) is 57.2 Å². The molecule has 3 N–H and O–H groups in total. The molecule has 0 aromatic rings. The molecule has 0 aromatic heterocycles. The molecular formula is C13H22N2O2. The summed E-state index contributed by atoms with van der Waals surface area (Å²) in [6, 6.07) is 0.304. The summed E-state index contributed by atoms with van der Waals surface area (Å²) in [6.45, 7) is 2.75. The van der Waals surface area contributed by atoms with Gasteiger partial charge in [0, 0.05) is 36.4 Å². The Morgan fingerprint density at radius 2 is 2.35 bits per heavy atom. The summed E-state index contributed by atoms with van der Waals surface area (Å²) in [6.07, 6.45) is 5.69. The maximum absolute atomic E-state index is 11.8. The SMILES string of the molecule is CC(N)CC(=O)NC1C2CCOC2C12CCC2. The molecule has 1 saturated heterocycles. The number of rotatable bonds is 3. The average Bonchev–Trinajstić information content (AvgIpc) is 2.56. The van der Waals surface area contributed by atoms with Crippen LogP contribution in [0.25, 0.3) is 0 Å². The largest absolute Gasteiger partial charge is 0.377 e. The molecule has 1 heterocycles. The molecular weight excluding hydrogens is 216 g/mol. The van der Waals surface area contributed by atoms with Crippen LogP contribution in [0.15, 0.2) is 0 Å². The first-order chi connectivity index (χ1) is 8.13. The number of amides is 1. The van der Waals surface area contributed by atoms with Gasteiger partial charge in [0.1, 0.15) is 0 Å². The van der Waals surface area contributed by atoms with E-state index in [0.29, 0.717) is 24.5 Å². The fourth-order valence-electron chi connectivity index (χ4n) is 3.98. The maximum Gasteiger partial charge on any atom is 0.221 e. The van der Waals surface area contributed by atoms with Crippen molar-refractivity contribution in [2.75, 3.05) is 6.61 Å². The summed E-state index contributed by atoms with van der Waals surface area (Å²) in [5.74, 6) is 0.675. The van der Waals surface area contributed by atoms with Crippen LogP contribution in [0.3, 0.4) is 0 Å². The molecule has 0 bridgehead atoms. The molecule has 3 rings (SSSR count). The van der Waals surface area contributed by atoms with E-state index in [1.54, 1.807) is 0 Å². The molecule has 96 valence electrons. The predicted molar refractivity (Wildman–Crippen MR) is 64.3 cm³/mol. The molecule has 3 fully saturated rings. The van der Waals surface area contributed by atoms with Gasteiger partial charge in [-0.1, -0.05) is 6.42 Å². The van der Waals surface area contributed by atoms with E-state index in [2.05, 4.69) is 5.32 Å². The summed E-state index contributed by atoms with van der Waals surface area (Å²) >= 11 is 0. The molecule has 4 atom stereocenters. The summed E-state index contributed by atoms with van der Waals surface area (Å²) in [5, 5.41) is 3.21. The van der Waals surface area contributed by atoms with Gasteiger partial charge in [-0.15, -0.1) is 0 Å². The second-order valence-corrected chi connectivity index (χ2v) is 6.06. The lowest BCUT2D eigenvalue weighted by Crippen LogP contribution is -2.71. The number of ether oxygens (including phenoxy) is 1. The van der Waals surface area contributed by atoms with E-state index in [4.69, 9.17) is 10.5 Å². The summed E-state index contributed by atoms with van der Waals surface area (Å²) in [5.41, 5.74) is 5.95. The number of fused-ring (bicyclic) bond motifs is 2. The Morgan fingerprint density at radius 1 is 1.59 bits per heavy atom. The molecule has 17 heavy (non-hydrogen) atoms. The van der Waals surface area contributed by atoms with Crippen LogP contribution in [0.5, 0.6) is 0 Å². The van der Waals surface area contributed by atoms with E-state index in [0.717, 1.165) is 13.0 Å². The Labute approximate surface area is 102 Å². The van der Waals surface area contributed by atoms with E-state index >= 15 is 0 Å². The minimum atomic E-state index is -0.0527. The lowest BCUT2D eigenvalue weighted by molar-refractivity contribution is -0.179. The Balaban J connectivity index is 1.64. The van der Waals surface area contributed by atoms with Crippen molar-refractivity contribution in [2.24, 2.45) is 17.1 Å². The van der Waals surface area contributed by atoms with Crippen molar-refractivity contribution in [3.05, 3.63) is 0 Å². The van der Waals surface area contributed by atoms with Crippen LogP contribution in [0.4, 0.5) is 0 Å². The van der Waals surface area contributed by atoms with E-state index in [-0.39, 0.29) is 17.4 Å². The van der Waals surface area contributed by atoms with Crippen LogP contribution in [0, 0.1) is 11.3 Å². The molecule has 0 radical (unpaired) electrons. The zero-order valence-electron chi connectivity index (χ0n) is 10.4. The molecule has 1 amide bonds. The van der Waals surface area contributed by atoms with Gasteiger partial charge < -0.3 is 15.8 Å². The Morgan fingerprint density at radius 3 is 2.94 bits per heavy atom. The summed E-state index contributed by atoms with van der Waals surface area (Å²) in [4.78, 5) is 11.8. The first-order valence-corrected chi connectivity index (χ1v) is 6.80. The van der Waals surface area contributed by atoms with E-state index in [9.17, 15) is 4.79 Å². The van der Waals surface area contributed by atoms with E-state index in [1.807, 2.05) is 6.92 Å². The molecule has 1 aliphatic heterocycles. The molecule has 4 nitrogen and oxygen atoms in total. The number of hydrogen-bond donors (Lipinski definition) is 2. The van der Waals surface area contributed by atoms with E-state index in [1.165, 1.54) is 19.3 Å². The van der Waals surface area contributed by atoms with Gasteiger partial charge >= 0.3 is 0 Å². The third-order valence-corrected chi connectivity index (χ3v) is 4.86. The second-order valence-electron chi connectivity index (χ2n) is 6.06. The van der Waals surface area contributed by atoms with Gasteiger partial charge in [0.05, 0.1) is 6.10 Å². The zero-order valence-corrected chi connectivity index (χ0v) is 10.4. The van der Waals surface area contributed by atoms with Crippen molar-refractivity contribution in [3.63, 3.8) is 0 Å². The van der Waals surface area contributed by atoms with Gasteiger partial charge in [-0.25, -0.2) is 0 Å². The standard InChI is InChI=1S/C13H22N2O2/c1-8(14)7-10(16)15-11-9-3-6-17-12(9)13(11)4-2-5-13/h8-9,11-12H,2-7,14H2,1H3,(H,15,16). The number of nitrogens with two attached hydrogens (primary N) is 1. The monoisotopic (exact) mass is 238 g/mol. The Kier molecular flexibility index (Phi) is 2.67. The molecule has 1 spiro atoms. The Bertz CT molecular complexity index is 325. The number of nitrogens with one attached hydrogen (secondary N) is 1. The molecule has 3 aliphatic rings. The topological polar surface area (TPSA) is 64.4 Å². The highest BCUT2D eigenvalue weighted by Crippen LogP contribution is 2.62. The van der Waals surface area contributed by atoms with E-state index < -0.39 is 0 Å². The van der Waals surface area contributed by atoms with Crippen LogP contribution < -0.4 is 11.1 Å². The zero-order chi connectivity index (χ0) is 12.0. The van der Waals surface area contributed by atoms with Gasteiger partial charge in [0.25, 0.3) is 0 Å². The van der Waals surface area contributed by atoms with Crippen LogP contribution >= 0.6 is 0 Å². The highest BCUT2D eigenvalue weighted by molar-refractivity contribution is 5.77. The lowest BCUT2D eigenvalue weighted by atomic mass is 9.46. The molecule has 4 heteroatoms. The normalized spacial score (nSPS) is 39.1. The third kappa shape index (κ3) is 1.61. The van der Waals surface area contributed by atoms with Gasteiger partial charge in [0.2, 0.25) is 5.91 Å². The minimum absolute atomic E-state index is 0.0527. The van der Waals surface area contributed by atoms with Crippen LogP contribution in [-0.2, 0) is 9.53 Å². The second kappa shape index (κ2) is 3.95. The van der Waals surface area contributed by atoms with Crippen LogP contribution in [0.1, 0.15) is 39.0 Å². The third-order valence-electron chi connectivity index (χ3n) is 4.86. The Hall–Kier alpha value is -0.610. The van der Waals surface area contributed by atoms with Gasteiger partial charge in [-0.2, -0.15) is 0 Å². The quantitative estimate of drug-likeness (QED) is 0.764. The summed E-state index contributed by atoms with van der Waals surface area (Å²) < 4.78 is 5.83. The highest BCUT2D eigenvalue weighted by Gasteiger charge is 2.66. The van der Waals surface area contributed by atoms with Crippen molar-refractivity contribution >= 4 is 5.91 Å². The van der Waals surface area contributed by atoms with Gasteiger partial charge in [-0.05, 0) is 26.2 Å². The number of carbonyl (C=O) groups excluding carboxylic acids is 1. The molecule has 2 saturated carbocycles. The van der Waals surface area contributed by atoms with Crippen LogP contribution in [0.2, 0.25) is 0 Å². The maximum atomic E-state index is 11.8. The lowest BCUT2D eigenvalue weighted by Gasteiger charge is -2.63. The van der Waals surface area contributed by atoms with Gasteiger partial charge in [0.15, 0.2) is 0 Å². The van der Waals surface area contributed by atoms with Crippen molar-refractivity contribution in [1.82, 2.24) is 5.32 Å². The van der Waals surface area contributed by atoms with Gasteiger partial charge in [-0.3, -0.25) is 4.79 Å². The minimum Gasteiger partial charge on any atom is -0.377 e.